The third kappa shape index (κ3) is 2.64. The lowest BCUT2D eigenvalue weighted by Crippen LogP contribution is -2.47. The Morgan fingerprint density at radius 1 is 1.58 bits per heavy atom. The zero-order valence-electron chi connectivity index (χ0n) is 7.97. The molecule has 2 N–H and O–H groups in total. The number of nitrogens with one attached hydrogen (secondary N) is 1. The van der Waals surface area contributed by atoms with Crippen molar-refractivity contribution in [3.63, 3.8) is 0 Å². The molecular formula is C9H19NOS. The highest BCUT2D eigenvalue weighted by atomic mass is 32.2. The van der Waals surface area contributed by atoms with Crippen molar-refractivity contribution in [3.8, 4) is 0 Å². The second-order valence-electron chi connectivity index (χ2n) is 4.04. The van der Waals surface area contributed by atoms with Crippen LogP contribution in [-0.4, -0.2) is 35.8 Å². The van der Waals surface area contributed by atoms with Crippen molar-refractivity contribution in [3.05, 3.63) is 0 Å². The summed E-state index contributed by atoms with van der Waals surface area (Å²) in [5.41, 5.74) is 0.403. The van der Waals surface area contributed by atoms with E-state index in [1.807, 2.05) is 11.8 Å². The van der Waals surface area contributed by atoms with Gasteiger partial charge in [-0.1, -0.05) is 13.8 Å². The first kappa shape index (κ1) is 10.4. The summed E-state index contributed by atoms with van der Waals surface area (Å²) in [6, 6.07) is 0.573. The first-order chi connectivity index (χ1) is 5.67. The van der Waals surface area contributed by atoms with Crippen molar-refractivity contribution in [2.45, 2.75) is 26.3 Å². The second-order valence-corrected chi connectivity index (χ2v) is 5.19. The number of hydrogen-bond acceptors (Lipinski definition) is 3. The minimum Gasteiger partial charge on any atom is -0.395 e. The van der Waals surface area contributed by atoms with Gasteiger partial charge in [-0.05, 0) is 17.6 Å². The zero-order valence-corrected chi connectivity index (χ0v) is 8.78. The van der Waals surface area contributed by atoms with E-state index < -0.39 is 0 Å². The van der Waals surface area contributed by atoms with E-state index in [0.29, 0.717) is 11.5 Å². The maximum Gasteiger partial charge on any atom is 0.0556 e. The van der Waals surface area contributed by atoms with E-state index in [1.165, 1.54) is 17.9 Å². The van der Waals surface area contributed by atoms with Crippen LogP contribution in [0.2, 0.25) is 0 Å². The van der Waals surface area contributed by atoms with Crippen LogP contribution in [0, 0.1) is 5.41 Å². The molecule has 0 aromatic carbocycles. The van der Waals surface area contributed by atoms with Crippen molar-refractivity contribution in [2.75, 3.05) is 24.7 Å². The average Bonchev–Trinajstić information content (AvgIpc) is 2.02. The van der Waals surface area contributed by atoms with Crippen molar-refractivity contribution in [2.24, 2.45) is 5.41 Å². The number of aliphatic hydroxyl groups is 1. The summed E-state index contributed by atoms with van der Waals surface area (Å²) >= 11 is 2.01. The van der Waals surface area contributed by atoms with Gasteiger partial charge in [0.05, 0.1) is 6.61 Å². The number of hydrogen-bond donors (Lipinski definition) is 2. The average molecular weight is 189 g/mol. The van der Waals surface area contributed by atoms with E-state index in [4.69, 9.17) is 5.11 Å². The molecular weight excluding hydrogens is 170 g/mol. The summed E-state index contributed by atoms with van der Waals surface area (Å²) in [5.74, 6) is 2.47. The maximum atomic E-state index is 8.70. The van der Waals surface area contributed by atoms with Gasteiger partial charge in [0.1, 0.15) is 0 Å². The quantitative estimate of drug-likeness (QED) is 0.697. The van der Waals surface area contributed by atoms with Crippen LogP contribution < -0.4 is 5.32 Å². The minimum absolute atomic E-state index is 0.247. The summed E-state index contributed by atoms with van der Waals surface area (Å²) < 4.78 is 0. The fourth-order valence-corrected chi connectivity index (χ4v) is 3.15. The van der Waals surface area contributed by atoms with Gasteiger partial charge < -0.3 is 10.4 Å². The molecule has 0 aromatic rings. The standard InChI is InChI=1S/C9H19NOS/c1-9(2)3-6-12-7-8(9)10-4-5-11/h8,10-11H,3-7H2,1-2H3. The van der Waals surface area contributed by atoms with Crippen LogP contribution in [0.15, 0.2) is 0 Å². The molecule has 0 spiro atoms. The Hall–Kier alpha value is 0.270. The molecule has 0 amide bonds. The van der Waals surface area contributed by atoms with Gasteiger partial charge in [0.2, 0.25) is 0 Å². The molecule has 72 valence electrons. The highest BCUT2D eigenvalue weighted by molar-refractivity contribution is 7.99. The molecule has 12 heavy (non-hydrogen) atoms. The lowest BCUT2D eigenvalue weighted by Gasteiger charge is -2.38. The van der Waals surface area contributed by atoms with Crippen molar-refractivity contribution < 1.29 is 5.11 Å². The zero-order chi connectivity index (χ0) is 9.03. The summed E-state index contributed by atoms with van der Waals surface area (Å²) in [5, 5.41) is 12.1. The molecule has 0 radical (unpaired) electrons. The van der Waals surface area contributed by atoms with E-state index >= 15 is 0 Å². The largest absolute Gasteiger partial charge is 0.395 e. The monoisotopic (exact) mass is 189 g/mol. The van der Waals surface area contributed by atoms with E-state index in [2.05, 4.69) is 19.2 Å². The highest BCUT2D eigenvalue weighted by Crippen LogP contribution is 2.33. The highest BCUT2D eigenvalue weighted by Gasteiger charge is 2.31. The summed E-state index contributed by atoms with van der Waals surface area (Å²) in [4.78, 5) is 0. The molecule has 1 rings (SSSR count). The molecule has 3 heteroatoms. The topological polar surface area (TPSA) is 32.3 Å². The van der Waals surface area contributed by atoms with Gasteiger partial charge in [0.25, 0.3) is 0 Å². The lowest BCUT2D eigenvalue weighted by atomic mass is 9.82. The third-order valence-electron chi connectivity index (χ3n) is 2.62. The predicted molar refractivity (Wildman–Crippen MR) is 54.6 cm³/mol. The summed E-state index contributed by atoms with van der Waals surface area (Å²) in [6.07, 6.45) is 1.28. The Bertz CT molecular complexity index is 138. The van der Waals surface area contributed by atoms with Gasteiger partial charge in [-0.2, -0.15) is 11.8 Å². The van der Waals surface area contributed by atoms with E-state index in [9.17, 15) is 0 Å². The van der Waals surface area contributed by atoms with Crippen LogP contribution in [0.4, 0.5) is 0 Å². The van der Waals surface area contributed by atoms with Crippen LogP contribution >= 0.6 is 11.8 Å². The summed E-state index contributed by atoms with van der Waals surface area (Å²) in [6.45, 7) is 5.59. The number of thioether (sulfide) groups is 1. The molecule has 0 aromatic heterocycles. The van der Waals surface area contributed by atoms with Gasteiger partial charge in [-0.15, -0.1) is 0 Å². The van der Waals surface area contributed by atoms with Crippen LogP contribution in [0.25, 0.3) is 0 Å². The Labute approximate surface area is 79.1 Å². The third-order valence-corrected chi connectivity index (χ3v) is 3.68. The minimum atomic E-state index is 0.247. The normalized spacial score (nSPS) is 28.8. The van der Waals surface area contributed by atoms with Crippen LogP contribution in [0.3, 0.4) is 0 Å². The number of rotatable bonds is 3. The molecule has 0 bridgehead atoms. The molecule has 0 saturated carbocycles. The van der Waals surface area contributed by atoms with Gasteiger partial charge in [-0.3, -0.25) is 0 Å². The molecule has 1 unspecified atom stereocenters. The Balaban J connectivity index is 2.37. The van der Waals surface area contributed by atoms with Gasteiger partial charge in [0.15, 0.2) is 0 Å². The SMILES string of the molecule is CC1(C)CCSCC1NCCO. The Morgan fingerprint density at radius 3 is 2.92 bits per heavy atom. The van der Waals surface area contributed by atoms with E-state index in [1.54, 1.807) is 0 Å². The smallest absolute Gasteiger partial charge is 0.0556 e. The van der Waals surface area contributed by atoms with Crippen molar-refractivity contribution in [1.82, 2.24) is 5.32 Å². The molecule has 1 heterocycles. The second kappa shape index (κ2) is 4.49. The molecule has 1 fully saturated rings. The van der Waals surface area contributed by atoms with E-state index in [0.717, 1.165) is 6.54 Å². The van der Waals surface area contributed by atoms with Crippen molar-refractivity contribution >= 4 is 11.8 Å². The fraction of sp³-hybridized carbons (Fsp3) is 1.00. The van der Waals surface area contributed by atoms with Crippen LogP contribution in [-0.2, 0) is 0 Å². The Kier molecular flexibility index (Phi) is 3.87. The first-order valence-corrected chi connectivity index (χ1v) is 5.74. The van der Waals surface area contributed by atoms with Crippen molar-refractivity contribution in [1.29, 1.82) is 0 Å². The number of aliphatic hydroxyl groups excluding tert-OH is 1. The predicted octanol–water partition coefficient (Wildman–Crippen LogP) is 1.10. The molecule has 2 nitrogen and oxygen atoms in total. The van der Waals surface area contributed by atoms with Gasteiger partial charge in [-0.25, -0.2) is 0 Å². The van der Waals surface area contributed by atoms with E-state index in [-0.39, 0.29) is 6.61 Å². The summed E-state index contributed by atoms with van der Waals surface area (Å²) in [7, 11) is 0. The van der Waals surface area contributed by atoms with Crippen LogP contribution in [0.5, 0.6) is 0 Å². The molecule has 0 aliphatic carbocycles. The molecule has 1 aliphatic heterocycles. The molecule has 1 aliphatic rings. The first-order valence-electron chi connectivity index (χ1n) is 4.59. The van der Waals surface area contributed by atoms with Crippen LogP contribution in [0.1, 0.15) is 20.3 Å². The maximum absolute atomic E-state index is 8.70. The van der Waals surface area contributed by atoms with Gasteiger partial charge in [0, 0.05) is 18.3 Å². The Morgan fingerprint density at radius 2 is 2.33 bits per heavy atom. The van der Waals surface area contributed by atoms with Gasteiger partial charge >= 0.3 is 0 Å². The fourth-order valence-electron chi connectivity index (χ4n) is 1.51. The molecule has 1 saturated heterocycles. The lowest BCUT2D eigenvalue weighted by molar-refractivity contribution is 0.221. The molecule has 1 atom stereocenters.